The number of aliphatic carboxylic acids is 2. The van der Waals surface area contributed by atoms with Gasteiger partial charge in [0.15, 0.2) is 0 Å². The second-order valence-corrected chi connectivity index (χ2v) is 3.45. The molecule has 92 valence electrons. The van der Waals surface area contributed by atoms with Crippen LogP contribution in [0.25, 0.3) is 0 Å². The Bertz CT molecular complexity index is 340. The normalized spacial score (nSPS) is 11.5. The maximum atomic E-state index is 10.9. The van der Waals surface area contributed by atoms with Crippen LogP contribution in [0.15, 0.2) is 0 Å². The monoisotopic (exact) mass is 239 g/mol. The highest BCUT2D eigenvalue weighted by molar-refractivity contribution is 5.72. The van der Waals surface area contributed by atoms with Crippen molar-refractivity contribution in [2.75, 3.05) is 19.6 Å². The largest absolute Gasteiger partial charge is 0.481 e. The quantitative estimate of drug-likeness (QED) is 0.566. The molecular formula is C10H13N3O4. The average molecular weight is 239 g/mol. The standard InChI is InChI=1S/C10H13N3O4/c11-3-5-13(6-4-12)7-8(10(16)17)1-2-9(14)15/h8H,1-2,5-7H2,(H,14,15)(H,16,17). The summed E-state index contributed by atoms with van der Waals surface area (Å²) < 4.78 is 0. The van der Waals surface area contributed by atoms with E-state index in [0.717, 1.165) is 0 Å². The van der Waals surface area contributed by atoms with Crippen molar-refractivity contribution >= 4 is 11.9 Å². The van der Waals surface area contributed by atoms with Gasteiger partial charge in [-0.2, -0.15) is 10.5 Å². The smallest absolute Gasteiger partial charge is 0.307 e. The van der Waals surface area contributed by atoms with Crippen LogP contribution in [0.5, 0.6) is 0 Å². The number of carboxylic acid groups (broad SMARTS) is 2. The van der Waals surface area contributed by atoms with Crippen LogP contribution in [0.1, 0.15) is 12.8 Å². The number of carboxylic acids is 2. The number of hydrogen-bond donors (Lipinski definition) is 2. The van der Waals surface area contributed by atoms with Gasteiger partial charge in [-0.25, -0.2) is 0 Å². The van der Waals surface area contributed by atoms with Gasteiger partial charge in [0.2, 0.25) is 0 Å². The third kappa shape index (κ3) is 6.88. The van der Waals surface area contributed by atoms with Crippen LogP contribution in [-0.2, 0) is 9.59 Å². The molecule has 0 fully saturated rings. The lowest BCUT2D eigenvalue weighted by atomic mass is 10.0. The van der Waals surface area contributed by atoms with Crippen molar-refractivity contribution in [2.24, 2.45) is 5.92 Å². The second kappa shape index (κ2) is 8.08. The number of carbonyl (C=O) groups is 2. The second-order valence-electron chi connectivity index (χ2n) is 3.45. The maximum absolute atomic E-state index is 10.9. The molecule has 0 aliphatic rings. The van der Waals surface area contributed by atoms with Gasteiger partial charge in [0.25, 0.3) is 0 Å². The van der Waals surface area contributed by atoms with Crippen molar-refractivity contribution in [3.63, 3.8) is 0 Å². The summed E-state index contributed by atoms with van der Waals surface area (Å²) in [6.45, 7) is -0.0987. The minimum Gasteiger partial charge on any atom is -0.481 e. The highest BCUT2D eigenvalue weighted by atomic mass is 16.4. The van der Waals surface area contributed by atoms with E-state index < -0.39 is 17.9 Å². The molecule has 7 nitrogen and oxygen atoms in total. The first-order valence-corrected chi connectivity index (χ1v) is 4.92. The van der Waals surface area contributed by atoms with Gasteiger partial charge in [0, 0.05) is 13.0 Å². The lowest BCUT2D eigenvalue weighted by Crippen LogP contribution is -2.34. The van der Waals surface area contributed by atoms with E-state index in [-0.39, 0.29) is 32.5 Å². The van der Waals surface area contributed by atoms with E-state index in [1.807, 2.05) is 12.1 Å². The molecule has 0 amide bonds. The van der Waals surface area contributed by atoms with E-state index in [1.54, 1.807) is 0 Å². The van der Waals surface area contributed by atoms with Crippen molar-refractivity contribution in [3.8, 4) is 12.1 Å². The summed E-state index contributed by atoms with van der Waals surface area (Å²) in [5.41, 5.74) is 0. The molecular weight excluding hydrogens is 226 g/mol. The van der Waals surface area contributed by atoms with Gasteiger partial charge in [-0.1, -0.05) is 0 Å². The SMILES string of the molecule is N#CCN(CC#N)CC(CCC(=O)O)C(=O)O. The van der Waals surface area contributed by atoms with Crippen molar-refractivity contribution in [3.05, 3.63) is 0 Å². The van der Waals surface area contributed by atoms with E-state index in [9.17, 15) is 9.59 Å². The number of rotatable bonds is 8. The summed E-state index contributed by atoms with van der Waals surface area (Å²) in [7, 11) is 0. The molecule has 7 heteroatoms. The average Bonchev–Trinajstić information content (AvgIpc) is 2.23. The topological polar surface area (TPSA) is 125 Å². The molecule has 0 aromatic carbocycles. The fourth-order valence-corrected chi connectivity index (χ4v) is 1.29. The van der Waals surface area contributed by atoms with Crippen LogP contribution in [-0.4, -0.2) is 46.7 Å². The fourth-order valence-electron chi connectivity index (χ4n) is 1.29. The van der Waals surface area contributed by atoms with E-state index >= 15 is 0 Å². The van der Waals surface area contributed by atoms with E-state index in [4.69, 9.17) is 20.7 Å². The number of nitrogens with zero attached hydrogens (tertiary/aromatic N) is 3. The van der Waals surface area contributed by atoms with Crippen LogP contribution < -0.4 is 0 Å². The molecule has 2 N–H and O–H groups in total. The molecule has 0 saturated carbocycles. The molecule has 0 spiro atoms. The Kier molecular flexibility index (Phi) is 7.07. The summed E-state index contributed by atoms with van der Waals surface area (Å²) >= 11 is 0. The first-order chi connectivity index (χ1) is 8.01. The van der Waals surface area contributed by atoms with Crippen LogP contribution in [0.2, 0.25) is 0 Å². The minimum absolute atomic E-state index is 0.00370. The molecule has 0 aromatic heterocycles. The van der Waals surface area contributed by atoms with Gasteiger partial charge in [0.1, 0.15) is 0 Å². The Labute approximate surface area is 98.5 Å². The third-order valence-electron chi connectivity index (χ3n) is 2.12. The van der Waals surface area contributed by atoms with Gasteiger partial charge < -0.3 is 10.2 Å². The lowest BCUT2D eigenvalue weighted by molar-refractivity contribution is -0.143. The highest BCUT2D eigenvalue weighted by Gasteiger charge is 2.21. The van der Waals surface area contributed by atoms with Gasteiger partial charge in [-0.3, -0.25) is 14.5 Å². The number of hydrogen-bond acceptors (Lipinski definition) is 5. The van der Waals surface area contributed by atoms with Crippen molar-refractivity contribution in [1.29, 1.82) is 10.5 Å². The summed E-state index contributed by atoms with van der Waals surface area (Å²) in [5, 5.41) is 34.3. The molecule has 0 heterocycles. The van der Waals surface area contributed by atoms with Gasteiger partial charge >= 0.3 is 11.9 Å². The minimum atomic E-state index is -1.12. The summed E-state index contributed by atoms with van der Waals surface area (Å²) in [5.74, 6) is -3.07. The first kappa shape index (κ1) is 14.9. The zero-order valence-electron chi connectivity index (χ0n) is 9.17. The number of nitriles is 2. The predicted molar refractivity (Wildman–Crippen MR) is 55.7 cm³/mol. The Morgan fingerprint density at radius 2 is 1.71 bits per heavy atom. The van der Waals surface area contributed by atoms with Gasteiger partial charge in [-0.05, 0) is 6.42 Å². The predicted octanol–water partition coefficient (Wildman–Crippen LogP) is -0.0988. The summed E-state index contributed by atoms with van der Waals surface area (Å²) in [6, 6.07) is 3.65. The molecule has 0 radical (unpaired) electrons. The molecule has 1 unspecified atom stereocenters. The Morgan fingerprint density at radius 1 is 1.18 bits per heavy atom. The van der Waals surface area contributed by atoms with Gasteiger partial charge in [-0.15, -0.1) is 0 Å². The van der Waals surface area contributed by atoms with Crippen molar-refractivity contribution in [2.45, 2.75) is 12.8 Å². The molecule has 0 rings (SSSR count). The first-order valence-electron chi connectivity index (χ1n) is 4.92. The van der Waals surface area contributed by atoms with Crippen LogP contribution >= 0.6 is 0 Å². The van der Waals surface area contributed by atoms with Crippen LogP contribution in [0.4, 0.5) is 0 Å². The Balaban J connectivity index is 4.40. The highest BCUT2D eigenvalue weighted by Crippen LogP contribution is 2.09. The molecule has 0 aliphatic heterocycles. The Morgan fingerprint density at radius 3 is 2.06 bits per heavy atom. The van der Waals surface area contributed by atoms with E-state index in [1.165, 1.54) is 4.90 Å². The van der Waals surface area contributed by atoms with Gasteiger partial charge in [0.05, 0.1) is 31.1 Å². The van der Waals surface area contributed by atoms with Crippen LogP contribution in [0, 0.1) is 28.6 Å². The molecule has 0 saturated heterocycles. The zero-order chi connectivity index (χ0) is 13.3. The van der Waals surface area contributed by atoms with Crippen LogP contribution in [0.3, 0.4) is 0 Å². The Hall–Kier alpha value is -2.12. The maximum Gasteiger partial charge on any atom is 0.307 e. The molecule has 0 bridgehead atoms. The van der Waals surface area contributed by atoms with E-state index in [2.05, 4.69) is 0 Å². The molecule has 1 atom stereocenters. The lowest BCUT2D eigenvalue weighted by Gasteiger charge is -2.19. The summed E-state index contributed by atoms with van der Waals surface area (Å²) in [6.07, 6.45) is -0.262. The van der Waals surface area contributed by atoms with Crippen molar-refractivity contribution in [1.82, 2.24) is 4.90 Å². The fraction of sp³-hybridized carbons (Fsp3) is 0.600. The van der Waals surface area contributed by atoms with Crippen molar-refractivity contribution < 1.29 is 19.8 Å². The molecule has 0 aliphatic carbocycles. The molecule has 0 aromatic rings. The zero-order valence-corrected chi connectivity index (χ0v) is 9.17. The third-order valence-corrected chi connectivity index (χ3v) is 2.12. The summed E-state index contributed by atoms with van der Waals surface area (Å²) in [4.78, 5) is 22.6. The molecule has 17 heavy (non-hydrogen) atoms. The van der Waals surface area contributed by atoms with E-state index in [0.29, 0.717) is 0 Å².